The second kappa shape index (κ2) is 6.02. The number of benzene rings is 2. The summed E-state index contributed by atoms with van der Waals surface area (Å²) in [5.74, 6) is 7.65. The number of nitrogen functional groups attached to an aromatic ring is 1. The van der Waals surface area contributed by atoms with Gasteiger partial charge in [-0.1, -0.05) is 48.5 Å². The summed E-state index contributed by atoms with van der Waals surface area (Å²) in [7, 11) is 0. The van der Waals surface area contributed by atoms with Gasteiger partial charge in [0.15, 0.2) is 5.82 Å². The van der Waals surface area contributed by atoms with Crippen LogP contribution >= 0.6 is 0 Å². The molecule has 0 amide bonds. The average Bonchev–Trinajstić information content (AvgIpc) is 2.56. The molecule has 104 valence electrons. The molecule has 0 atom stereocenters. The van der Waals surface area contributed by atoms with Crippen molar-refractivity contribution in [3.63, 3.8) is 0 Å². The average molecular weight is 278 g/mol. The second-order valence-electron chi connectivity index (χ2n) is 4.34. The number of nitrogens with zero attached hydrogens (tertiary/aromatic N) is 2. The highest BCUT2D eigenvalue weighted by Crippen LogP contribution is 2.24. The number of nitrogens with two attached hydrogens (primary N) is 1. The van der Waals surface area contributed by atoms with Crippen LogP contribution in [0.1, 0.15) is 0 Å². The van der Waals surface area contributed by atoms with Gasteiger partial charge in [0.2, 0.25) is 5.88 Å². The lowest BCUT2D eigenvalue weighted by atomic mass is 10.2. The van der Waals surface area contributed by atoms with Gasteiger partial charge in [-0.15, -0.1) is 0 Å². The van der Waals surface area contributed by atoms with Crippen molar-refractivity contribution in [1.82, 2.24) is 9.97 Å². The van der Waals surface area contributed by atoms with E-state index >= 15 is 0 Å². The van der Waals surface area contributed by atoms with Gasteiger partial charge in [-0.3, -0.25) is 0 Å². The molecule has 0 aliphatic heterocycles. The molecule has 5 heteroatoms. The molecule has 0 aliphatic rings. The normalized spacial score (nSPS) is 10.1. The zero-order valence-corrected chi connectivity index (χ0v) is 11.2. The van der Waals surface area contributed by atoms with Crippen molar-refractivity contribution in [2.45, 2.75) is 0 Å². The minimum atomic E-state index is 0.433. The summed E-state index contributed by atoms with van der Waals surface area (Å²) < 4.78 is 5.74. The zero-order valence-electron chi connectivity index (χ0n) is 11.2. The molecule has 0 bridgehead atoms. The van der Waals surface area contributed by atoms with E-state index in [2.05, 4.69) is 15.4 Å². The summed E-state index contributed by atoms with van der Waals surface area (Å²) in [5.41, 5.74) is 3.43. The second-order valence-corrected chi connectivity index (χ2v) is 4.34. The highest BCUT2D eigenvalue weighted by Gasteiger charge is 2.07. The Morgan fingerprint density at radius 1 is 0.857 bits per heavy atom. The summed E-state index contributed by atoms with van der Waals surface area (Å²) >= 11 is 0. The fourth-order valence-corrected chi connectivity index (χ4v) is 1.88. The Kier molecular flexibility index (Phi) is 3.75. The highest BCUT2D eigenvalue weighted by molar-refractivity contribution is 5.58. The van der Waals surface area contributed by atoms with Crippen LogP contribution in [-0.2, 0) is 0 Å². The van der Waals surface area contributed by atoms with Crippen LogP contribution in [-0.4, -0.2) is 9.97 Å². The van der Waals surface area contributed by atoms with Gasteiger partial charge in [0.25, 0.3) is 0 Å². The van der Waals surface area contributed by atoms with Crippen molar-refractivity contribution in [2.75, 3.05) is 5.43 Å². The predicted molar refractivity (Wildman–Crippen MR) is 81.8 cm³/mol. The Morgan fingerprint density at radius 2 is 1.52 bits per heavy atom. The van der Waals surface area contributed by atoms with Gasteiger partial charge in [-0.2, -0.15) is 4.98 Å². The van der Waals surface area contributed by atoms with Gasteiger partial charge in [0, 0.05) is 11.6 Å². The number of ether oxygens (including phenoxy) is 1. The lowest BCUT2D eigenvalue weighted by Crippen LogP contribution is -2.09. The van der Waals surface area contributed by atoms with Gasteiger partial charge < -0.3 is 10.2 Å². The minimum Gasteiger partial charge on any atom is -0.439 e. The van der Waals surface area contributed by atoms with E-state index in [1.807, 2.05) is 60.7 Å². The van der Waals surface area contributed by atoms with Crippen LogP contribution in [0, 0.1) is 0 Å². The summed E-state index contributed by atoms with van der Waals surface area (Å²) in [6, 6.07) is 20.8. The molecule has 5 nitrogen and oxygen atoms in total. The van der Waals surface area contributed by atoms with Crippen molar-refractivity contribution in [2.24, 2.45) is 5.84 Å². The Bertz CT molecular complexity index is 717. The van der Waals surface area contributed by atoms with Crippen LogP contribution in [0.4, 0.5) is 5.82 Å². The van der Waals surface area contributed by atoms with Crippen molar-refractivity contribution >= 4 is 5.82 Å². The molecule has 0 spiro atoms. The van der Waals surface area contributed by atoms with Crippen LogP contribution in [0.3, 0.4) is 0 Å². The fourth-order valence-electron chi connectivity index (χ4n) is 1.88. The topological polar surface area (TPSA) is 73.1 Å². The van der Waals surface area contributed by atoms with Gasteiger partial charge in [-0.25, -0.2) is 10.8 Å². The molecule has 0 aliphatic carbocycles. The Labute approximate surface area is 122 Å². The van der Waals surface area contributed by atoms with Crippen molar-refractivity contribution < 1.29 is 4.74 Å². The van der Waals surface area contributed by atoms with Crippen LogP contribution in [0.5, 0.6) is 11.6 Å². The summed E-state index contributed by atoms with van der Waals surface area (Å²) in [5, 5.41) is 0. The number of hydrogen-bond donors (Lipinski definition) is 2. The number of rotatable bonds is 4. The molecule has 0 radical (unpaired) electrons. The standard InChI is InChI=1S/C16H14N4O/c17-20-14-11-15(21-13-9-5-2-6-10-13)19-16(18-14)12-7-3-1-4-8-12/h1-11H,17H2,(H,18,19,20). The maximum atomic E-state index is 5.74. The summed E-state index contributed by atoms with van der Waals surface area (Å²) in [4.78, 5) is 8.75. The molecule has 3 rings (SSSR count). The quantitative estimate of drug-likeness (QED) is 0.566. The van der Waals surface area contributed by atoms with Gasteiger partial charge >= 0.3 is 0 Å². The Hall–Kier alpha value is -2.92. The largest absolute Gasteiger partial charge is 0.439 e. The van der Waals surface area contributed by atoms with Gasteiger partial charge in [0.05, 0.1) is 0 Å². The van der Waals surface area contributed by atoms with E-state index in [0.717, 1.165) is 5.56 Å². The molecule has 2 aromatic carbocycles. The molecule has 0 unspecified atom stereocenters. The third-order valence-electron chi connectivity index (χ3n) is 2.85. The van der Waals surface area contributed by atoms with E-state index in [-0.39, 0.29) is 0 Å². The number of anilines is 1. The number of para-hydroxylation sites is 1. The number of hydrogen-bond acceptors (Lipinski definition) is 5. The molecular weight excluding hydrogens is 264 g/mol. The Balaban J connectivity index is 1.98. The Morgan fingerprint density at radius 3 is 2.19 bits per heavy atom. The zero-order chi connectivity index (χ0) is 14.5. The molecule has 1 aromatic heterocycles. The van der Waals surface area contributed by atoms with Crippen LogP contribution in [0.15, 0.2) is 66.7 Å². The van der Waals surface area contributed by atoms with E-state index in [4.69, 9.17) is 10.6 Å². The molecule has 0 saturated heterocycles. The fraction of sp³-hybridized carbons (Fsp3) is 0. The molecule has 3 N–H and O–H groups in total. The van der Waals surface area contributed by atoms with E-state index in [1.54, 1.807) is 6.07 Å². The first kappa shape index (κ1) is 13.1. The van der Waals surface area contributed by atoms with E-state index < -0.39 is 0 Å². The van der Waals surface area contributed by atoms with Gasteiger partial charge in [0.1, 0.15) is 11.6 Å². The predicted octanol–water partition coefficient (Wildman–Crippen LogP) is 3.22. The van der Waals surface area contributed by atoms with Crippen LogP contribution in [0.2, 0.25) is 0 Å². The first-order valence-corrected chi connectivity index (χ1v) is 6.49. The smallest absolute Gasteiger partial charge is 0.225 e. The molecular formula is C16H14N4O. The van der Waals surface area contributed by atoms with Crippen molar-refractivity contribution in [3.8, 4) is 23.0 Å². The molecule has 0 saturated carbocycles. The first-order chi connectivity index (χ1) is 10.3. The van der Waals surface area contributed by atoms with Crippen LogP contribution < -0.4 is 16.0 Å². The molecule has 1 heterocycles. The molecule has 3 aromatic rings. The van der Waals surface area contributed by atoms with Crippen LogP contribution in [0.25, 0.3) is 11.4 Å². The number of hydrazine groups is 1. The third-order valence-corrected chi connectivity index (χ3v) is 2.85. The molecule has 21 heavy (non-hydrogen) atoms. The van der Waals surface area contributed by atoms with E-state index in [0.29, 0.717) is 23.3 Å². The number of nitrogens with one attached hydrogen (secondary N) is 1. The maximum Gasteiger partial charge on any atom is 0.225 e. The highest BCUT2D eigenvalue weighted by atomic mass is 16.5. The summed E-state index contributed by atoms with van der Waals surface area (Å²) in [6.45, 7) is 0. The lowest BCUT2D eigenvalue weighted by molar-refractivity contribution is 0.462. The lowest BCUT2D eigenvalue weighted by Gasteiger charge is -2.09. The monoisotopic (exact) mass is 278 g/mol. The SMILES string of the molecule is NNc1cc(Oc2ccccc2)nc(-c2ccccc2)n1. The number of aromatic nitrogens is 2. The maximum absolute atomic E-state index is 5.74. The van der Waals surface area contributed by atoms with E-state index in [1.165, 1.54) is 0 Å². The first-order valence-electron chi connectivity index (χ1n) is 6.49. The summed E-state index contributed by atoms with van der Waals surface area (Å²) in [6.07, 6.45) is 0. The van der Waals surface area contributed by atoms with Crippen molar-refractivity contribution in [3.05, 3.63) is 66.7 Å². The molecule has 0 fully saturated rings. The van der Waals surface area contributed by atoms with E-state index in [9.17, 15) is 0 Å². The van der Waals surface area contributed by atoms with Crippen molar-refractivity contribution in [1.29, 1.82) is 0 Å². The van der Waals surface area contributed by atoms with Gasteiger partial charge in [-0.05, 0) is 12.1 Å². The third kappa shape index (κ3) is 3.16. The minimum absolute atomic E-state index is 0.433.